The van der Waals surface area contributed by atoms with Gasteiger partial charge in [0.15, 0.2) is 6.61 Å². The summed E-state index contributed by atoms with van der Waals surface area (Å²) in [4.78, 5) is 24.0. The van der Waals surface area contributed by atoms with Crippen LogP contribution in [0.2, 0.25) is 5.02 Å². The zero-order valence-electron chi connectivity index (χ0n) is 14.6. The second-order valence-electron chi connectivity index (χ2n) is 5.54. The number of halogens is 1. The molecule has 2 rings (SSSR count). The number of nitrogen functional groups attached to an aromatic ring is 1. The third kappa shape index (κ3) is 5.19. The first-order valence-electron chi connectivity index (χ1n) is 7.70. The van der Waals surface area contributed by atoms with Gasteiger partial charge in [-0.1, -0.05) is 17.7 Å². The Morgan fingerprint density at radius 3 is 2.52 bits per heavy atom. The third-order valence-electron chi connectivity index (χ3n) is 3.60. The second kappa shape index (κ2) is 8.38. The molecule has 0 aliphatic heterocycles. The Morgan fingerprint density at radius 1 is 1.19 bits per heavy atom. The number of carbonyl (C=O) groups excluding carboxylic acids is 2. The first-order chi connectivity index (χ1) is 12.6. The Bertz CT molecular complexity index is 992. The van der Waals surface area contributed by atoms with Gasteiger partial charge in [0.05, 0.1) is 10.5 Å². The number of anilines is 2. The van der Waals surface area contributed by atoms with Crippen LogP contribution < -0.4 is 15.8 Å². The summed E-state index contributed by atoms with van der Waals surface area (Å²) in [7, 11) is -2.37. The average molecular weight is 412 g/mol. The van der Waals surface area contributed by atoms with Crippen molar-refractivity contribution in [3.05, 3.63) is 52.5 Å². The maximum Gasteiger partial charge on any atom is 0.340 e. The van der Waals surface area contributed by atoms with E-state index in [1.54, 1.807) is 19.1 Å². The molecule has 0 fully saturated rings. The average Bonchev–Trinajstić information content (AvgIpc) is 2.61. The summed E-state index contributed by atoms with van der Waals surface area (Å²) < 4.78 is 31.1. The van der Waals surface area contributed by atoms with E-state index in [-0.39, 0.29) is 21.8 Å². The first-order valence-corrected chi connectivity index (χ1v) is 9.56. The highest BCUT2D eigenvalue weighted by molar-refractivity contribution is 7.89. The van der Waals surface area contributed by atoms with Crippen LogP contribution in [0.1, 0.15) is 15.9 Å². The van der Waals surface area contributed by atoms with Gasteiger partial charge in [-0.2, -0.15) is 0 Å². The maximum absolute atomic E-state index is 12.0. The van der Waals surface area contributed by atoms with E-state index in [0.29, 0.717) is 10.6 Å². The zero-order chi connectivity index (χ0) is 20.2. The lowest BCUT2D eigenvalue weighted by Gasteiger charge is -2.11. The van der Waals surface area contributed by atoms with Crippen molar-refractivity contribution in [2.75, 3.05) is 24.7 Å². The fourth-order valence-corrected chi connectivity index (χ4v) is 3.38. The molecule has 0 aromatic heterocycles. The number of esters is 1. The minimum atomic E-state index is -3.67. The number of ether oxygens (including phenoxy) is 1. The smallest absolute Gasteiger partial charge is 0.340 e. The van der Waals surface area contributed by atoms with Gasteiger partial charge in [0.25, 0.3) is 5.91 Å². The summed E-state index contributed by atoms with van der Waals surface area (Å²) in [6.07, 6.45) is 0. The highest BCUT2D eigenvalue weighted by atomic mass is 35.5. The van der Waals surface area contributed by atoms with Crippen molar-refractivity contribution in [2.24, 2.45) is 0 Å². The molecule has 0 heterocycles. The van der Waals surface area contributed by atoms with Crippen molar-refractivity contribution in [3.63, 3.8) is 0 Å². The van der Waals surface area contributed by atoms with Crippen LogP contribution >= 0.6 is 11.6 Å². The van der Waals surface area contributed by atoms with Crippen LogP contribution in [-0.2, 0) is 19.6 Å². The first kappa shape index (κ1) is 20.7. The standard InChI is InChI=1S/C17H18ClN3O5S/c1-10-3-5-12(8-15(10)27(24,25)20-2)21-16(22)9-26-17(23)13-6-4-11(18)7-14(13)19/h3-8,20H,9,19H2,1-2H3,(H,21,22). The van der Waals surface area contributed by atoms with Gasteiger partial charge < -0.3 is 15.8 Å². The lowest BCUT2D eigenvalue weighted by Crippen LogP contribution is -2.22. The zero-order valence-corrected chi connectivity index (χ0v) is 16.1. The van der Waals surface area contributed by atoms with E-state index in [4.69, 9.17) is 22.1 Å². The molecule has 144 valence electrons. The molecule has 0 spiro atoms. The van der Waals surface area contributed by atoms with Gasteiger partial charge >= 0.3 is 5.97 Å². The quantitative estimate of drug-likeness (QED) is 0.492. The minimum absolute atomic E-state index is 0.0359. The SMILES string of the molecule is CNS(=O)(=O)c1cc(NC(=O)COC(=O)c2ccc(Cl)cc2N)ccc1C. The van der Waals surface area contributed by atoms with Crippen LogP contribution in [0.25, 0.3) is 0 Å². The summed E-state index contributed by atoms with van der Waals surface area (Å²) in [5.41, 5.74) is 6.68. The summed E-state index contributed by atoms with van der Waals surface area (Å²) in [5.74, 6) is -1.41. The van der Waals surface area contributed by atoms with E-state index in [1.165, 1.54) is 31.3 Å². The monoisotopic (exact) mass is 411 g/mol. The van der Waals surface area contributed by atoms with Gasteiger partial charge in [-0.3, -0.25) is 4.79 Å². The number of hydrogen-bond acceptors (Lipinski definition) is 6. The van der Waals surface area contributed by atoms with Crippen LogP contribution in [0.4, 0.5) is 11.4 Å². The molecule has 10 heteroatoms. The van der Waals surface area contributed by atoms with E-state index >= 15 is 0 Å². The van der Waals surface area contributed by atoms with Gasteiger partial charge in [-0.05, 0) is 49.9 Å². The molecule has 4 N–H and O–H groups in total. The normalized spacial score (nSPS) is 11.1. The van der Waals surface area contributed by atoms with Gasteiger partial charge in [0.1, 0.15) is 0 Å². The number of amides is 1. The van der Waals surface area contributed by atoms with Gasteiger partial charge in [0, 0.05) is 16.4 Å². The van der Waals surface area contributed by atoms with Crippen LogP contribution in [0, 0.1) is 6.92 Å². The molecule has 0 saturated heterocycles. The van der Waals surface area contributed by atoms with Crippen LogP contribution in [0.5, 0.6) is 0 Å². The van der Waals surface area contributed by atoms with E-state index in [1.807, 2.05) is 0 Å². The Kier molecular flexibility index (Phi) is 6.42. The summed E-state index contributed by atoms with van der Waals surface area (Å²) in [6.45, 7) is 1.07. The summed E-state index contributed by atoms with van der Waals surface area (Å²) >= 11 is 5.76. The van der Waals surface area contributed by atoms with Gasteiger partial charge in [0.2, 0.25) is 10.0 Å². The van der Waals surface area contributed by atoms with Gasteiger partial charge in [-0.25, -0.2) is 17.9 Å². The molecule has 0 saturated carbocycles. The molecule has 0 aliphatic rings. The highest BCUT2D eigenvalue weighted by Gasteiger charge is 2.17. The lowest BCUT2D eigenvalue weighted by molar-refractivity contribution is -0.119. The topological polar surface area (TPSA) is 128 Å². The lowest BCUT2D eigenvalue weighted by atomic mass is 10.2. The molecule has 27 heavy (non-hydrogen) atoms. The van der Waals surface area contributed by atoms with Crippen LogP contribution in [0.3, 0.4) is 0 Å². The largest absolute Gasteiger partial charge is 0.452 e. The van der Waals surface area contributed by atoms with Crippen LogP contribution in [0.15, 0.2) is 41.3 Å². The number of nitrogens with one attached hydrogen (secondary N) is 2. The summed E-state index contributed by atoms with van der Waals surface area (Å²) in [5, 5.41) is 2.84. The molecule has 8 nitrogen and oxygen atoms in total. The number of hydrogen-bond donors (Lipinski definition) is 3. The molecule has 2 aromatic carbocycles. The Hall–Kier alpha value is -2.62. The predicted octanol–water partition coefficient (Wildman–Crippen LogP) is 1.93. The molecule has 0 aliphatic carbocycles. The van der Waals surface area contributed by atoms with Crippen molar-refractivity contribution >= 4 is 44.9 Å². The number of sulfonamides is 1. The fourth-order valence-electron chi connectivity index (χ4n) is 2.20. The molecule has 0 atom stereocenters. The van der Waals surface area contributed by atoms with Gasteiger partial charge in [-0.15, -0.1) is 0 Å². The molecule has 0 radical (unpaired) electrons. The Morgan fingerprint density at radius 2 is 1.89 bits per heavy atom. The number of benzene rings is 2. The maximum atomic E-state index is 12.0. The Balaban J connectivity index is 2.04. The highest BCUT2D eigenvalue weighted by Crippen LogP contribution is 2.20. The van der Waals surface area contributed by atoms with Crippen molar-refractivity contribution in [2.45, 2.75) is 11.8 Å². The number of carbonyl (C=O) groups is 2. The predicted molar refractivity (Wildman–Crippen MR) is 102 cm³/mol. The van der Waals surface area contributed by atoms with Crippen molar-refractivity contribution < 1.29 is 22.7 Å². The van der Waals surface area contributed by atoms with Crippen molar-refractivity contribution in [1.82, 2.24) is 4.72 Å². The third-order valence-corrected chi connectivity index (χ3v) is 5.39. The number of nitrogens with two attached hydrogens (primary N) is 1. The van der Waals surface area contributed by atoms with E-state index in [2.05, 4.69) is 10.0 Å². The minimum Gasteiger partial charge on any atom is -0.452 e. The number of rotatable bonds is 6. The molecule has 1 amide bonds. The second-order valence-corrected chi connectivity index (χ2v) is 7.84. The van der Waals surface area contributed by atoms with Crippen LogP contribution in [-0.4, -0.2) is 33.9 Å². The number of aryl methyl sites for hydroxylation is 1. The van der Waals surface area contributed by atoms with E-state index in [9.17, 15) is 18.0 Å². The van der Waals surface area contributed by atoms with Crippen molar-refractivity contribution in [3.8, 4) is 0 Å². The molecular formula is C17H18ClN3O5S. The van der Waals surface area contributed by atoms with E-state index < -0.39 is 28.5 Å². The molecular weight excluding hydrogens is 394 g/mol. The Labute approximate surface area is 161 Å². The van der Waals surface area contributed by atoms with Crippen molar-refractivity contribution in [1.29, 1.82) is 0 Å². The molecule has 0 unspecified atom stereocenters. The van der Waals surface area contributed by atoms with E-state index in [0.717, 1.165) is 0 Å². The molecule has 0 bridgehead atoms. The fraction of sp³-hybridized carbons (Fsp3) is 0.176. The summed E-state index contributed by atoms with van der Waals surface area (Å²) in [6, 6.07) is 8.69. The molecule has 2 aromatic rings.